The van der Waals surface area contributed by atoms with Crippen molar-refractivity contribution in [2.75, 3.05) is 18.8 Å². The highest BCUT2D eigenvalue weighted by atomic mass is 79.9. The number of nitrogen functional groups attached to an aromatic ring is 1. The zero-order valence-electron chi connectivity index (χ0n) is 11.9. The number of amides is 1. The predicted octanol–water partition coefficient (Wildman–Crippen LogP) is 2.75. The van der Waals surface area contributed by atoms with Crippen LogP contribution in [0.1, 0.15) is 36.5 Å². The van der Waals surface area contributed by atoms with Crippen LogP contribution in [0.4, 0.5) is 5.69 Å². The quantitative estimate of drug-likeness (QED) is 0.814. The van der Waals surface area contributed by atoms with Crippen LogP contribution in [0.3, 0.4) is 0 Å². The number of likely N-dealkylation sites (tertiary alicyclic amines) is 1. The molecule has 1 aliphatic rings. The molecule has 1 aliphatic heterocycles. The number of hydrogen-bond acceptors (Lipinski definition) is 3. The van der Waals surface area contributed by atoms with Gasteiger partial charge >= 0.3 is 5.97 Å². The molecule has 6 heteroatoms. The maximum Gasteiger partial charge on any atom is 0.311 e. The van der Waals surface area contributed by atoms with Crippen LogP contribution in [0.15, 0.2) is 22.7 Å². The van der Waals surface area contributed by atoms with Crippen molar-refractivity contribution in [3.8, 4) is 0 Å². The SMILES string of the molecule is CCCC1(C(=O)O)CCN(C(=O)c2ccc(N)c(Br)c2)C1. The average molecular weight is 355 g/mol. The van der Waals surface area contributed by atoms with Crippen molar-refractivity contribution in [1.82, 2.24) is 4.90 Å². The summed E-state index contributed by atoms with van der Waals surface area (Å²) in [7, 11) is 0. The molecule has 1 atom stereocenters. The van der Waals surface area contributed by atoms with Crippen LogP contribution < -0.4 is 5.73 Å². The minimum absolute atomic E-state index is 0.144. The molecule has 3 N–H and O–H groups in total. The van der Waals surface area contributed by atoms with Gasteiger partial charge in [-0.3, -0.25) is 9.59 Å². The van der Waals surface area contributed by atoms with Gasteiger partial charge in [0.25, 0.3) is 5.91 Å². The Balaban J connectivity index is 2.18. The zero-order chi connectivity index (χ0) is 15.6. The second-order valence-corrected chi connectivity index (χ2v) is 6.40. The molecule has 0 bridgehead atoms. The molecule has 1 saturated heterocycles. The van der Waals surface area contributed by atoms with E-state index in [1.165, 1.54) is 0 Å². The van der Waals surface area contributed by atoms with Gasteiger partial charge in [0, 0.05) is 28.8 Å². The smallest absolute Gasteiger partial charge is 0.311 e. The number of anilines is 1. The number of rotatable bonds is 4. The first-order chi connectivity index (χ1) is 9.89. The second-order valence-electron chi connectivity index (χ2n) is 5.55. The van der Waals surface area contributed by atoms with E-state index in [9.17, 15) is 14.7 Å². The van der Waals surface area contributed by atoms with E-state index < -0.39 is 11.4 Å². The lowest BCUT2D eigenvalue weighted by Gasteiger charge is -2.24. The number of carbonyl (C=O) groups excluding carboxylic acids is 1. The van der Waals surface area contributed by atoms with Gasteiger partial charge in [-0.25, -0.2) is 0 Å². The zero-order valence-corrected chi connectivity index (χ0v) is 13.5. The number of hydrogen-bond donors (Lipinski definition) is 2. The first-order valence-corrected chi connectivity index (χ1v) is 7.76. The Morgan fingerprint density at radius 2 is 2.19 bits per heavy atom. The number of benzene rings is 1. The Morgan fingerprint density at radius 3 is 2.76 bits per heavy atom. The van der Waals surface area contributed by atoms with E-state index >= 15 is 0 Å². The Hall–Kier alpha value is -1.56. The largest absolute Gasteiger partial charge is 0.481 e. The van der Waals surface area contributed by atoms with Crippen LogP contribution in [0.5, 0.6) is 0 Å². The predicted molar refractivity (Wildman–Crippen MR) is 84.1 cm³/mol. The normalized spacial score (nSPS) is 21.5. The molecule has 0 aromatic heterocycles. The van der Waals surface area contributed by atoms with E-state index in [1.807, 2.05) is 6.92 Å². The molecule has 21 heavy (non-hydrogen) atoms. The van der Waals surface area contributed by atoms with E-state index in [2.05, 4.69) is 15.9 Å². The summed E-state index contributed by atoms with van der Waals surface area (Å²) in [5.41, 5.74) is 6.01. The topological polar surface area (TPSA) is 83.6 Å². The number of carbonyl (C=O) groups is 2. The monoisotopic (exact) mass is 354 g/mol. The van der Waals surface area contributed by atoms with Gasteiger partial charge in [-0.1, -0.05) is 13.3 Å². The molecular formula is C15H19BrN2O3. The number of nitrogens with zero attached hydrogens (tertiary/aromatic N) is 1. The summed E-state index contributed by atoms with van der Waals surface area (Å²) < 4.78 is 0.672. The Labute approximate surface area is 132 Å². The van der Waals surface area contributed by atoms with Crippen molar-refractivity contribution < 1.29 is 14.7 Å². The Kier molecular flexibility index (Phi) is 4.56. The molecule has 5 nitrogen and oxygen atoms in total. The van der Waals surface area contributed by atoms with Gasteiger partial charge in [-0.05, 0) is 47.0 Å². The highest BCUT2D eigenvalue weighted by Gasteiger charge is 2.45. The standard InChI is InChI=1S/C15H19BrN2O3/c1-2-5-15(14(20)21)6-7-18(9-15)13(19)10-3-4-12(17)11(16)8-10/h3-4,8H,2,5-7,9,17H2,1H3,(H,20,21). The van der Waals surface area contributed by atoms with Crippen LogP contribution in [-0.4, -0.2) is 35.0 Å². The fraction of sp³-hybridized carbons (Fsp3) is 0.467. The summed E-state index contributed by atoms with van der Waals surface area (Å²) in [5, 5.41) is 9.48. The van der Waals surface area contributed by atoms with E-state index in [0.717, 1.165) is 6.42 Å². The lowest BCUT2D eigenvalue weighted by molar-refractivity contribution is -0.148. The van der Waals surface area contributed by atoms with Crippen LogP contribution in [0.2, 0.25) is 0 Å². The second kappa shape index (κ2) is 6.05. The van der Waals surface area contributed by atoms with Crippen molar-refractivity contribution in [3.05, 3.63) is 28.2 Å². The number of halogens is 1. The van der Waals surface area contributed by atoms with Crippen LogP contribution in [0, 0.1) is 5.41 Å². The number of carboxylic acids is 1. The molecular weight excluding hydrogens is 336 g/mol. The molecule has 0 spiro atoms. The number of carboxylic acid groups (broad SMARTS) is 1. The van der Waals surface area contributed by atoms with Crippen molar-refractivity contribution in [2.24, 2.45) is 5.41 Å². The van der Waals surface area contributed by atoms with Gasteiger partial charge in [-0.2, -0.15) is 0 Å². The average Bonchev–Trinajstić information content (AvgIpc) is 2.87. The third kappa shape index (κ3) is 3.05. The van der Waals surface area contributed by atoms with Crippen molar-refractivity contribution in [1.29, 1.82) is 0 Å². The van der Waals surface area contributed by atoms with Gasteiger partial charge in [-0.15, -0.1) is 0 Å². The minimum atomic E-state index is -0.807. The molecule has 1 heterocycles. The van der Waals surface area contributed by atoms with Gasteiger partial charge < -0.3 is 15.7 Å². The van der Waals surface area contributed by atoms with Gasteiger partial charge in [0.2, 0.25) is 0 Å². The summed E-state index contributed by atoms with van der Waals surface area (Å²) >= 11 is 3.30. The van der Waals surface area contributed by atoms with Gasteiger partial charge in [0.15, 0.2) is 0 Å². The maximum atomic E-state index is 12.5. The molecule has 1 unspecified atom stereocenters. The van der Waals surface area contributed by atoms with Crippen molar-refractivity contribution >= 4 is 33.5 Å². The Morgan fingerprint density at radius 1 is 1.48 bits per heavy atom. The first-order valence-electron chi connectivity index (χ1n) is 6.97. The van der Waals surface area contributed by atoms with Gasteiger partial charge in [0.05, 0.1) is 5.41 Å². The molecule has 1 fully saturated rings. The first kappa shape index (κ1) is 15.8. The van der Waals surface area contributed by atoms with Crippen molar-refractivity contribution in [2.45, 2.75) is 26.2 Å². The minimum Gasteiger partial charge on any atom is -0.481 e. The summed E-state index contributed by atoms with van der Waals surface area (Å²) in [6, 6.07) is 5.02. The highest BCUT2D eigenvalue weighted by Crippen LogP contribution is 2.36. The summed E-state index contributed by atoms with van der Waals surface area (Å²) in [6.45, 7) is 2.72. The van der Waals surface area contributed by atoms with Gasteiger partial charge in [0.1, 0.15) is 0 Å². The number of aliphatic carboxylic acids is 1. The van der Waals surface area contributed by atoms with E-state index in [-0.39, 0.29) is 12.5 Å². The lowest BCUT2D eigenvalue weighted by Crippen LogP contribution is -2.36. The third-order valence-corrected chi connectivity index (χ3v) is 4.76. The molecule has 0 saturated carbocycles. The van der Waals surface area contributed by atoms with Crippen molar-refractivity contribution in [3.63, 3.8) is 0 Å². The molecule has 0 aliphatic carbocycles. The van der Waals surface area contributed by atoms with Crippen LogP contribution in [-0.2, 0) is 4.79 Å². The molecule has 2 rings (SSSR count). The van der Waals surface area contributed by atoms with Crippen LogP contribution in [0.25, 0.3) is 0 Å². The van der Waals surface area contributed by atoms with E-state index in [4.69, 9.17) is 5.73 Å². The molecule has 1 aromatic carbocycles. The highest BCUT2D eigenvalue weighted by molar-refractivity contribution is 9.10. The maximum absolute atomic E-state index is 12.5. The summed E-state index contributed by atoms with van der Waals surface area (Å²) in [6.07, 6.45) is 1.90. The molecule has 1 amide bonds. The fourth-order valence-electron chi connectivity index (χ4n) is 2.85. The fourth-order valence-corrected chi connectivity index (χ4v) is 3.23. The third-order valence-electron chi connectivity index (χ3n) is 4.07. The van der Waals surface area contributed by atoms with E-state index in [1.54, 1.807) is 23.1 Å². The summed E-state index contributed by atoms with van der Waals surface area (Å²) in [5.74, 6) is -0.951. The lowest BCUT2D eigenvalue weighted by atomic mass is 9.83. The van der Waals surface area contributed by atoms with E-state index in [0.29, 0.717) is 35.1 Å². The number of nitrogens with two attached hydrogens (primary N) is 1. The molecule has 0 radical (unpaired) electrons. The van der Waals surface area contributed by atoms with Crippen LogP contribution >= 0.6 is 15.9 Å². The summed E-state index contributed by atoms with van der Waals surface area (Å²) in [4.78, 5) is 25.7. The molecule has 114 valence electrons. The Bertz CT molecular complexity index is 576. The molecule has 1 aromatic rings.